The van der Waals surface area contributed by atoms with Crippen LogP contribution in [0.25, 0.3) is 0 Å². The van der Waals surface area contributed by atoms with Gasteiger partial charge < -0.3 is 25.3 Å². The Morgan fingerprint density at radius 2 is 1.91 bits per heavy atom. The maximum absolute atomic E-state index is 12.8. The molecule has 4 rings (SSSR count). The molecule has 176 valence electrons. The summed E-state index contributed by atoms with van der Waals surface area (Å²) in [6, 6.07) is 4.48. The number of aliphatic imine (C=N–C) groups is 1. The summed E-state index contributed by atoms with van der Waals surface area (Å²) in [7, 11) is 3.97. The number of pyridine rings is 1. The molecule has 0 bridgehead atoms. The van der Waals surface area contributed by atoms with Crippen molar-refractivity contribution in [2.45, 2.75) is 51.1 Å². The van der Waals surface area contributed by atoms with Crippen LogP contribution < -0.4 is 15.5 Å². The van der Waals surface area contributed by atoms with Crippen LogP contribution in [0.15, 0.2) is 23.3 Å². The number of carbonyl (C=O) groups is 1. The third kappa shape index (κ3) is 5.91. The molecule has 2 aliphatic heterocycles. The Morgan fingerprint density at radius 3 is 2.66 bits per heavy atom. The number of hydrogen-bond donors (Lipinski definition) is 2. The fourth-order valence-electron chi connectivity index (χ4n) is 5.04. The van der Waals surface area contributed by atoms with Crippen molar-refractivity contribution >= 4 is 17.7 Å². The van der Waals surface area contributed by atoms with E-state index in [2.05, 4.69) is 54.5 Å². The third-order valence-electron chi connectivity index (χ3n) is 7.12. The predicted octanol–water partition coefficient (Wildman–Crippen LogP) is 1.68. The summed E-state index contributed by atoms with van der Waals surface area (Å²) in [6.07, 6.45) is 8.69. The van der Waals surface area contributed by atoms with E-state index >= 15 is 0 Å². The largest absolute Gasteiger partial charge is 0.354 e. The van der Waals surface area contributed by atoms with Gasteiger partial charge in [0.2, 0.25) is 5.91 Å². The number of carbonyl (C=O) groups excluding carboxylic acids is 1. The maximum atomic E-state index is 12.8. The molecular formula is C24H39N7O. The third-order valence-corrected chi connectivity index (χ3v) is 7.12. The van der Waals surface area contributed by atoms with Gasteiger partial charge in [0.1, 0.15) is 5.82 Å². The molecule has 0 radical (unpaired) electrons. The summed E-state index contributed by atoms with van der Waals surface area (Å²) in [4.78, 5) is 28.6. The average Bonchev–Trinajstić information content (AvgIpc) is 3.31. The molecule has 2 saturated heterocycles. The summed E-state index contributed by atoms with van der Waals surface area (Å²) in [5.74, 6) is 2.46. The lowest BCUT2D eigenvalue weighted by Crippen LogP contribution is -2.45. The van der Waals surface area contributed by atoms with Gasteiger partial charge in [0, 0.05) is 71.0 Å². The quantitative estimate of drug-likeness (QED) is 0.535. The number of nitrogens with zero attached hydrogens (tertiary/aromatic N) is 5. The number of hydrogen-bond acceptors (Lipinski definition) is 5. The Labute approximate surface area is 192 Å². The zero-order chi connectivity index (χ0) is 22.3. The normalized spacial score (nSPS) is 23.4. The molecule has 1 aromatic rings. The van der Waals surface area contributed by atoms with E-state index in [1.807, 2.05) is 6.20 Å². The molecule has 1 amide bonds. The van der Waals surface area contributed by atoms with Gasteiger partial charge in [-0.05, 0) is 44.0 Å². The second kappa shape index (κ2) is 11.0. The molecule has 32 heavy (non-hydrogen) atoms. The van der Waals surface area contributed by atoms with Crippen LogP contribution in [0.3, 0.4) is 0 Å². The molecule has 0 spiro atoms. The second-order valence-electron chi connectivity index (χ2n) is 9.49. The topological polar surface area (TPSA) is 76.1 Å². The monoisotopic (exact) mass is 441 g/mol. The minimum absolute atomic E-state index is 0.251. The minimum Gasteiger partial charge on any atom is -0.354 e. The Balaban J connectivity index is 1.25. The molecule has 8 nitrogen and oxygen atoms in total. The highest BCUT2D eigenvalue weighted by atomic mass is 16.2. The molecule has 1 aliphatic carbocycles. The molecule has 3 heterocycles. The summed E-state index contributed by atoms with van der Waals surface area (Å²) in [5, 5.41) is 6.96. The Hall–Kier alpha value is -2.35. The fourth-order valence-corrected chi connectivity index (χ4v) is 5.04. The van der Waals surface area contributed by atoms with Gasteiger partial charge in [-0.1, -0.05) is 19.3 Å². The van der Waals surface area contributed by atoms with Crippen molar-refractivity contribution in [1.82, 2.24) is 25.4 Å². The first-order valence-corrected chi connectivity index (χ1v) is 12.3. The van der Waals surface area contributed by atoms with Crippen LogP contribution >= 0.6 is 0 Å². The zero-order valence-electron chi connectivity index (χ0n) is 19.7. The van der Waals surface area contributed by atoms with E-state index in [0.717, 1.165) is 70.3 Å². The lowest BCUT2D eigenvalue weighted by molar-refractivity contribution is -0.135. The molecule has 1 saturated carbocycles. The number of likely N-dealkylation sites (tertiary alicyclic amines) is 1. The van der Waals surface area contributed by atoms with Crippen LogP contribution in [0.5, 0.6) is 0 Å². The number of anilines is 1. The molecule has 0 aromatic carbocycles. The summed E-state index contributed by atoms with van der Waals surface area (Å²) in [6.45, 7) is 6.50. The van der Waals surface area contributed by atoms with Gasteiger partial charge in [0.05, 0.1) is 0 Å². The van der Waals surface area contributed by atoms with Crippen molar-refractivity contribution in [3.63, 3.8) is 0 Å². The lowest BCUT2D eigenvalue weighted by Gasteiger charge is -2.33. The van der Waals surface area contributed by atoms with Crippen molar-refractivity contribution in [2.24, 2.45) is 10.9 Å². The number of rotatable bonds is 5. The first-order valence-electron chi connectivity index (χ1n) is 12.3. The van der Waals surface area contributed by atoms with Crippen molar-refractivity contribution in [3.8, 4) is 0 Å². The van der Waals surface area contributed by atoms with E-state index in [0.29, 0.717) is 12.5 Å². The van der Waals surface area contributed by atoms with Gasteiger partial charge in [0.25, 0.3) is 0 Å². The van der Waals surface area contributed by atoms with E-state index in [-0.39, 0.29) is 12.0 Å². The summed E-state index contributed by atoms with van der Waals surface area (Å²) in [5.41, 5.74) is 1.19. The van der Waals surface area contributed by atoms with Crippen LogP contribution in [0.4, 0.5) is 5.82 Å². The Kier molecular flexibility index (Phi) is 7.84. The molecule has 3 fully saturated rings. The van der Waals surface area contributed by atoms with Crippen molar-refractivity contribution < 1.29 is 4.79 Å². The Morgan fingerprint density at radius 1 is 1.12 bits per heavy atom. The first kappa shape index (κ1) is 22.8. The van der Waals surface area contributed by atoms with E-state index < -0.39 is 0 Å². The molecular weight excluding hydrogens is 402 g/mol. The number of likely N-dealkylation sites (N-methyl/N-ethyl adjacent to an activating group) is 1. The SMILES string of the molecule is CN=C(NCc1ccnc(N2CCN(C)CC2)c1)NC1CCN(C(=O)C2CCCCC2)C1. The number of piperazine rings is 1. The number of guanidine groups is 1. The van der Waals surface area contributed by atoms with Crippen LogP contribution in [0.1, 0.15) is 44.1 Å². The highest BCUT2D eigenvalue weighted by molar-refractivity contribution is 5.81. The number of aromatic nitrogens is 1. The number of amides is 1. The standard InChI is InChI=1S/C24H39N7O/c1-25-24(28-21-9-11-31(18-21)23(32)20-6-4-3-5-7-20)27-17-19-8-10-26-22(16-19)30-14-12-29(2)13-15-30/h8,10,16,20-21H,3-7,9,11-15,17-18H2,1-2H3,(H2,25,27,28). The van der Waals surface area contributed by atoms with E-state index in [4.69, 9.17) is 0 Å². The smallest absolute Gasteiger partial charge is 0.225 e. The molecule has 3 aliphatic rings. The second-order valence-corrected chi connectivity index (χ2v) is 9.49. The zero-order valence-corrected chi connectivity index (χ0v) is 19.7. The average molecular weight is 442 g/mol. The first-order chi connectivity index (χ1) is 15.6. The lowest BCUT2D eigenvalue weighted by atomic mass is 9.88. The van der Waals surface area contributed by atoms with Gasteiger partial charge in [-0.3, -0.25) is 9.79 Å². The van der Waals surface area contributed by atoms with E-state index in [1.165, 1.54) is 24.8 Å². The fraction of sp³-hybridized carbons (Fsp3) is 0.708. The highest BCUT2D eigenvalue weighted by Gasteiger charge is 2.31. The van der Waals surface area contributed by atoms with Crippen LogP contribution in [0.2, 0.25) is 0 Å². The number of nitrogens with one attached hydrogen (secondary N) is 2. The van der Waals surface area contributed by atoms with Gasteiger partial charge in [0.15, 0.2) is 5.96 Å². The van der Waals surface area contributed by atoms with E-state index in [9.17, 15) is 4.79 Å². The molecule has 1 unspecified atom stereocenters. The molecule has 2 N–H and O–H groups in total. The minimum atomic E-state index is 0.251. The predicted molar refractivity (Wildman–Crippen MR) is 129 cm³/mol. The highest BCUT2D eigenvalue weighted by Crippen LogP contribution is 2.26. The van der Waals surface area contributed by atoms with Crippen LogP contribution in [-0.2, 0) is 11.3 Å². The van der Waals surface area contributed by atoms with Crippen molar-refractivity contribution in [3.05, 3.63) is 23.9 Å². The van der Waals surface area contributed by atoms with Crippen LogP contribution in [-0.4, -0.2) is 86.1 Å². The molecule has 1 atom stereocenters. The summed E-state index contributed by atoms with van der Waals surface area (Å²) < 4.78 is 0. The van der Waals surface area contributed by atoms with Gasteiger partial charge in [-0.25, -0.2) is 4.98 Å². The van der Waals surface area contributed by atoms with Gasteiger partial charge in [-0.2, -0.15) is 0 Å². The van der Waals surface area contributed by atoms with E-state index in [1.54, 1.807) is 7.05 Å². The molecule has 1 aromatic heterocycles. The maximum Gasteiger partial charge on any atom is 0.225 e. The van der Waals surface area contributed by atoms with Gasteiger partial charge in [-0.15, -0.1) is 0 Å². The molecule has 8 heteroatoms. The van der Waals surface area contributed by atoms with Crippen molar-refractivity contribution in [2.75, 3.05) is 58.3 Å². The Bertz CT molecular complexity index is 784. The summed E-state index contributed by atoms with van der Waals surface area (Å²) >= 11 is 0. The van der Waals surface area contributed by atoms with Gasteiger partial charge >= 0.3 is 0 Å². The van der Waals surface area contributed by atoms with Crippen molar-refractivity contribution in [1.29, 1.82) is 0 Å². The van der Waals surface area contributed by atoms with Crippen LogP contribution in [0, 0.1) is 5.92 Å².